The molecule has 0 spiro atoms. The Morgan fingerprint density at radius 2 is 1.70 bits per heavy atom. The lowest BCUT2D eigenvalue weighted by molar-refractivity contribution is -0.137. The Hall–Kier alpha value is -5.41. The van der Waals surface area contributed by atoms with Crippen LogP contribution in [0.4, 0.5) is 14.5 Å². The molecule has 3 amide bonds. The fourth-order valence-electron chi connectivity index (χ4n) is 6.48. The van der Waals surface area contributed by atoms with Crippen LogP contribution in [0, 0.1) is 24.5 Å². The molecule has 5 aromatic rings. The Labute approximate surface area is 310 Å². The fraction of sp³-hybridized carbons (Fsp3) is 0.351. The Bertz CT molecular complexity index is 2140. The predicted molar refractivity (Wildman–Crippen MR) is 197 cm³/mol. The van der Waals surface area contributed by atoms with Crippen molar-refractivity contribution in [3.05, 3.63) is 88.9 Å². The van der Waals surface area contributed by atoms with E-state index >= 15 is 8.78 Å². The van der Waals surface area contributed by atoms with Crippen LogP contribution in [0.5, 0.6) is 0 Å². The first kappa shape index (κ1) is 37.4. The predicted octanol–water partition coefficient (Wildman–Crippen LogP) is 5.42. The first-order valence-electron chi connectivity index (χ1n) is 17.3. The summed E-state index contributed by atoms with van der Waals surface area (Å²) in [4.78, 5) is 49.5. The van der Waals surface area contributed by atoms with Gasteiger partial charge in [-0.15, -0.1) is 0 Å². The Kier molecular flexibility index (Phi) is 11.0. The van der Waals surface area contributed by atoms with Gasteiger partial charge in [0.1, 0.15) is 5.69 Å². The first-order chi connectivity index (χ1) is 25.4. The summed E-state index contributed by atoms with van der Waals surface area (Å²) in [7, 11) is 5.50. The van der Waals surface area contributed by atoms with Crippen molar-refractivity contribution in [2.24, 2.45) is 13.0 Å². The number of carbonyl (C=O) groups excluding carboxylic acids is 3. The molecular weight excluding hydrogens is 706 g/mol. The van der Waals surface area contributed by atoms with Gasteiger partial charge in [-0.2, -0.15) is 10.2 Å². The highest BCUT2D eigenvalue weighted by Gasteiger charge is 2.30. The molecule has 3 aromatic heterocycles. The van der Waals surface area contributed by atoms with Crippen LogP contribution in [0.3, 0.4) is 0 Å². The van der Waals surface area contributed by atoms with Gasteiger partial charge in [-0.1, -0.05) is 24.6 Å². The standard InChI is InChI=1S/C37H41ClF2N10O3/c1-6-23(11-12-46(3)4)36(52)48-13-15-49(16-14-48)37(53)27-8-7-24(17-30(27)38)44-35(51)34-41-20-31(47(34)5)28-10-9-26(32(39)33(28)40)29-21-50(45-22(29)2)25-18-42-43-19-25/h7-10,17-21,23H,6,11-16H2,1-5H3,(H,42,43)(H,44,51). The number of hydrogen-bond acceptors (Lipinski definition) is 7. The first-order valence-corrected chi connectivity index (χ1v) is 17.6. The lowest BCUT2D eigenvalue weighted by Crippen LogP contribution is -2.52. The molecule has 16 heteroatoms. The summed E-state index contributed by atoms with van der Waals surface area (Å²) in [6.45, 7) is 6.21. The number of imidazole rings is 1. The number of nitrogens with zero attached hydrogens (tertiary/aromatic N) is 8. The molecular formula is C37H41ClF2N10O3. The number of anilines is 1. The van der Waals surface area contributed by atoms with Crippen LogP contribution in [-0.2, 0) is 11.8 Å². The number of aromatic amines is 1. The topological polar surface area (TPSA) is 137 Å². The molecule has 2 aromatic carbocycles. The molecule has 0 saturated carbocycles. The fourth-order valence-corrected chi connectivity index (χ4v) is 6.74. The number of amides is 3. The van der Waals surface area contributed by atoms with Gasteiger partial charge in [0.25, 0.3) is 11.8 Å². The van der Waals surface area contributed by atoms with Crippen molar-refractivity contribution < 1.29 is 23.2 Å². The summed E-state index contributed by atoms with van der Waals surface area (Å²) in [6, 6.07) is 7.46. The summed E-state index contributed by atoms with van der Waals surface area (Å²) >= 11 is 6.54. The molecule has 0 aliphatic carbocycles. The number of nitrogens with one attached hydrogen (secondary N) is 2. The van der Waals surface area contributed by atoms with E-state index in [0.717, 1.165) is 19.4 Å². The smallest absolute Gasteiger partial charge is 0.291 e. The molecule has 1 atom stereocenters. The van der Waals surface area contributed by atoms with Gasteiger partial charge in [0.05, 0.1) is 34.4 Å². The number of aromatic nitrogens is 6. The molecule has 0 radical (unpaired) electrons. The second kappa shape index (κ2) is 15.7. The van der Waals surface area contributed by atoms with Crippen molar-refractivity contribution in [2.75, 3.05) is 52.1 Å². The van der Waals surface area contributed by atoms with Gasteiger partial charge in [0.15, 0.2) is 17.5 Å². The number of halogens is 3. The second-order valence-corrected chi connectivity index (χ2v) is 13.7. The molecule has 278 valence electrons. The zero-order valence-corrected chi connectivity index (χ0v) is 30.9. The highest BCUT2D eigenvalue weighted by atomic mass is 35.5. The van der Waals surface area contributed by atoms with E-state index < -0.39 is 17.5 Å². The molecule has 2 N–H and O–H groups in total. The maximum atomic E-state index is 15.6. The van der Waals surface area contributed by atoms with Gasteiger partial charge < -0.3 is 24.6 Å². The Balaban J connectivity index is 1.10. The van der Waals surface area contributed by atoms with Gasteiger partial charge in [0, 0.05) is 73.9 Å². The van der Waals surface area contributed by atoms with Crippen LogP contribution in [-0.4, -0.2) is 109 Å². The normalized spacial score (nSPS) is 13.8. The zero-order valence-electron chi connectivity index (χ0n) is 30.2. The van der Waals surface area contributed by atoms with Crippen molar-refractivity contribution in [3.63, 3.8) is 0 Å². The van der Waals surface area contributed by atoms with Crippen LogP contribution in [0.25, 0.3) is 28.1 Å². The van der Waals surface area contributed by atoms with Crippen LogP contribution < -0.4 is 5.32 Å². The third-order valence-corrected chi connectivity index (χ3v) is 9.90. The highest BCUT2D eigenvalue weighted by molar-refractivity contribution is 6.34. The van der Waals surface area contributed by atoms with Gasteiger partial charge in [-0.3, -0.25) is 19.5 Å². The Morgan fingerprint density at radius 1 is 1.00 bits per heavy atom. The van der Waals surface area contributed by atoms with Crippen molar-refractivity contribution >= 4 is 35.0 Å². The van der Waals surface area contributed by atoms with Crippen molar-refractivity contribution in [2.45, 2.75) is 26.7 Å². The summed E-state index contributed by atoms with van der Waals surface area (Å²) < 4.78 is 34.0. The lowest BCUT2D eigenvalue weighted by Gasteiger charge is -2.36. The third-order valence-electron chi connectivity index (χ3n) is 9.59. The maximum Gasteiger partial charge on any atom is 0.291 e. The molecule has 1 aliphatic heterocycles. The number of piperazine rings is 1. The molecule has 53 heavy (non-hydrogen) atoms. The van der Waals surface area contributed by atoms with E-state index in [2.05, 4.69) is 30.5 Å². The molecule has 1 aliphatic rings. The van der Waals surface area contributed by atoms with Gasteiger partial charge in [-0.05, 0) is 64.7 Å². The van der Waals surface area contributed by atoms with Crippen molar-refractivity contribution in [1.29, 1.82) is 0 Å². The zero-order chi connectivity index (χ0) is 38.0. The minimum absolute atomic E-state index is 0.0334. The molecule has 1 saturated heterocycles. The summed E-state index contributed by atoms with van der Waals surface area (Å²) in [5, 5.41) is 13.8. The molecule has 13 nitrogen and oxygen atoms in total. The molecule has 4 heterocycles. The van der Waals surface area contributed by atoms with E-state index in [-0.39, 0.29) is 51.0 Å². The van der Waals surface area contributed by atoms with E-state index in [1.807, 2.05) is 25.9 Å². The van der Waals surface area contributed by atoms with Crippen LogP contribution in [0.1, 0.15) is 46.4 Å². The Morgan fingerprint density at radius 3 is 2.36 bits per heavy atom. The molecule has 1 fully saturated rings. The number of rotatable bonds is 11. The van der Waals surface area contributed by atoms with Crippen LogP contribution >= 0.6 is 11.6 Å². The second-order valence-electron chi connectivity index (χ2n) is 13.3. The van der Waals surface area contributed by atoms with Crippen molar-refractivity contribution in [1.82, 2.24) is 44.2 Å². The monoisotopic (exact) mass is 746 g/mol. The summed E-state index contributed by atoms with van der Waals surface area (Å²) in [5.74, 6) is -3.04. The van der Waals surface area contributed by atoms with E-state index in [1.54, 1.807) is 36.5 Å². The molecule has 1 unspecified atom stereocenters. The van der Waals surface area contributed by atoms with E-state index in [4.69, 9.17) is 11.6 Å². The number of benzene rings is 2. The molecule has 6 rings (SSSR count). The quantitative estimate of drug-likeness (QED) is 0.184. The highest BCUT2D eigenvalue weighted by Crippen LogP contribution is 2.33. The summed E-state index contributed by atoms with van der Waals surface area (Å²) in [6.07, 6.45) is 7.63. The van der Waals surface area contributed by atoms with E-state index in [0.29, 0.717) is 48.8 Å². The number of aryl methyl sites for hydroxylation is 1. The van der Waals surface area contributed by atoms with Gasteiger partial charge in [-0.25, -0.2) is 18.4 Å². The minimum atomic E-state index is -1.10. The number of hydrogen-bond donors (Lipinski definition) is 2. The van der Waals surface area contributed by atoms with Gasteiger partial charge in [0.2, 0.25) is 5.91 Å². The van der Waals surface area contributed by atoms with Gasteiger partial charge >= 0.3 is 0 Å². The van der Waals surface area contributed by atoms with E-state index in [9.17, 15) is 14.4 Å². The third kappa shape index (κ3) is 7.71. The summed E-state index contributed by atoms with van der Waals surface area (Å²) in [5.41, 5.74) is 2.27. The SMILES string of the molecule is CCC(CCN(C)C)C(=O)N1CCN(C(=O)c2ccc(NC(=O)c3ncc(-c4ccc(-c5cn(-c6cn[nH]c6)nc5C)c(F)c4F)n3C)cc2Cl)CC1. The average molecular weight is 747 g/mol. The largest absolute Gasteiger partial charge is 0.339 e. The lowest BCUT2D eigenvalue weighted by atomic mass is 10.00. The maximum absolute atomic E-state index is 15.6. The average Bonchev–Trinajstić information content (AvgIpc) is 3.90. The van der Waals surface area contributed by atoms with Crippen molar-refractivity contribution in [3.8, 4) is 28.1 Å². The number of H-pyrrole nitrogens is 1. The molecule has 0 bridgehead atoms. The number of carbonyl (C=O) groups is 3. The van der Waals surface area contributed by atoms with Crippen LogP contribution in [0.15, 0.2) is 55.1 Å². The van der Waals surface area contributed by atoms with E-state index in [1.165, 1.54) is 46.8 Å². The van der Waals surface area contributed by atoms with Crippen LogP contribution in [0.2, 0.25) is 5.02 Å². The minimum Gasteiger partial charge on any atom is -0.339 e.